The van der Waals surface area contributed by atoms with Crippen molar-refractivity contribution in [3.8, 4) is 0 Å². The van der Waals surface area contributed by atoms with E-state index in [2.05, 4.69) is 0 Å². The Kier molecular flexibility index (Phi) is 5.36. The van der Waals surface area contributed by atoms with Crippen LogP contribution in [-0.4, -0.2) is 16.6 Å². The highest BCUT2D eigenvalue weighted by Gasteiger charge is 2.34. The summed E-state index contributed by atoms with van der Waals surface area (Å²) < 4.78 is 0. The molecule has 1 N–H and O–H groups in total. The van der Waals surface area contributed by atoms with E-state index in [1.54, 1.807) is 0 Å². The summed E-state index contributed by atoms with van der Waals surface area (Å²) in [5, 5.41) is 10.6. The Bertz CT molecular complexity index is 833. The van der Waals surface area contributed by atoms with E-state index < -0.39 is 0 Å². The highest BCUT2D eigenvalue weighted by molar-refractivity contribution is 6.23. The minimum Gasteiger partial charge on any atom is -0.511 e. The van der Waals surface area contributed by atoms with Crippen molar-refractivity contribution in [3.05, 3.63) is 83.1 Å². The summed E-state index contributed by atoms with van der Waals surface area (Å²) >= 11 is 0. The maximum atomic E-state index is 12.8. The van der Waals surface area contributed by atoms with Crippen molar-refractivity contribution in [1.29, 1.82) is 0 Å². The summed E-state index contributed by atoms with van der Waals surface area (Å²) in [4.78, 5) is 17.5. The van der Waals surface area contributed by atoms with Gasteiger partial charge < -0.3 is 5.11 Å². The molecule has 0 atom stereocenters. The summed E-state index contributed by atoms with van der Waals surface area (Å²) in [6.45, 7) is 4.52. The van der Waals surface area contributed by atoms with Crippen LogP contribution in [0.4, 0.5) is 0 Å². The van der Waals surface area contributed by atoms with Crippen molar-refractivity contribution < 1.29 is 9.90 Å². The number of Topliss-reactive ketones (excluding diaryl/α,β-unsaturated/α-hetero) is 1. The van der Waals surface area contributed by atoms with E-state index >= 15 is 0 Å². The molecule has 2 aromatic carbocycles. The van der Waals surface area contributed by atoms with Crippen LogP contribution in [0, 0.1) is 5.41 Å². The first-order valence-electron chi connectivity index (χ1n) is 9.01. The lowest BCUT2D eigenvalue weighted by Crippen LogP contribution is -2.30. The van der Waals surface area contributed by atoms with Crippen LogP contribution in [0.2, 0.25) is 0 Å². The Labute approximate surface area is 155 Å². The third-order valence-corrected chi connectivity index (χ3v) is 4.65. The van der Waals surface area contributed by atoms with Crippen LogP contribution < -0.4 is 0 Å². The highest BCUT2D eigenvalue weighted by Crippen LogP contribution is 2.36. The van der Waals surface area contributed by atoms with E-state index in [1.807, 2.05) is 74.5 Å². The Morgan fingerprint density at radius 2 is 1.54 bits per heavy atom. The van der Waals surface area contributed by atoms with Crippen LogP contribution >= 0.6 is 0 Å². The molecule has 3 rings (SSSR count). The monoisotopic (exact) mass is 347 g/mol. The highest BCUT2D eigenvalue weighted by atomic mass is 16.3. The molecule has 0 fully saturated rings. The molecule has 0 bridgehead atoms. The molecule has 0 aliphatic heterocycles. The van der Waals surface area contributed by atoms with Crippen LogP contribution in [0.1, 0.15) is 37.8 Å². The summed E-state index contributed by atoms with van der Waals surface area (Å²) in [6, 6.07) is 19.9. The van der Waals surface area contributed by atoms with Gasteiger partial charge in [0.25, 0.3) is 0 Å². The molecule has 0 radical (unpaired) electrons. The summed E-state index contributed by atoms with van der Waals surface area (Å²) in [5.74, 6) is 0.162. The molecule has 1 aliphatic carbocycles. The van der Waals surface area contributed by atoms with Gasteiger partial charge in [0.15, 0.2) is 5.78 Å². The van der Waals surface area contributed by atoms with Gasteiger partial charge in [-0.15, -0.1) is 0 Å². The van der Waals surface area contributed by atoms with Crippen LogP contribution in [0.25, 0.3) is 0 Å². The third-order valence-electron chi connectivity index (χ3n) is 4.65. The normalized spacial score (nSPS) is 17.5. The van der Waals surface area contributed by atoms with E-state index in [1.165, 1.54) is 0 Å². The van der Waals surface area contributed by atoms with Gasteiger partial charge >= 0.3 is 0 Å². The molecule has 0 amide bonds. The zero-order valence-electron chi connectivity index (χ0n) is 15.4. The van der Waals surface area contributed by atoms with Gasteiger partial charge in [-0.2, -0.15) is 0 Å². The van der Waals surface area contributed by atoms with E-state index in [9.17, 15) is 9.90 Å². The average Bonchev–Trinajstić information content (AvgIpc) is 2.59. The second kappa shape index (κ2) is 7.69. The Hall–Kier alpha value is -2.68. The number of benzene rings is 2. The molecule has 0 saturated carbocycles. The SMILES string of the molecule is CC1(C)CC(=O)C(C(Cc2ccccc2)=NCc2ccccc2)=C(O)C1. The van der Waals surface area contributed by atoms with Gasteiger partial charge in [0.1, 0.15) is 5.76 Å². The molecule has 0 unspecified atom stereocenters. The predicted molar refractivity (Wildman–Crippen MR) is 105 cm³/mol. The topological polar surface area (TPSA) is 49.7 Å². The van der Waals surface area contributed by atoms with Gasteiger partial charge in [0.2, 0.25) is 0 Å². The average molecular weight is 347 g/mol. The molecule has 2 aromatic rings. The number of rotatable bonds is 5. The first-order chi connectivity index (χ1) is 12.4. The second-order valence-corrected chi connectivity index (χ2v) is 7.67. The van der Waals surface area contributed by atoms with Gasteiger partial charge in [-0.25, -0.2) is 0 Å². The predicted octanol–water partition coefficient (Wildman–Crippen LogP) is 5.07. The maximum Gasteiger partial charge on any atom is 0.168 e. The largest absolute Gasteiger partial charge is 0.511 e. The number of nitrogens with zero attached hydrogens (tertiary/aromatic N) is 1. The Morgan fingerprint density at radius 1 is 0.962 bits per heavy atom. The molecule has 1 aliphatic rings. The molecular formula is C23H25NO2. The number of carbonyl (C=O) groups excluding carboxylic acids is 1. The summed E-state index contributed by atoms with van der Waals surface area (Å²) in [7, 11) is 0. The Balaban J connectivity index is 1.96. The van der Waals surface area contributed by atoms with Gasteiger partial charge in [-0.05, 0) is 16.5 Å². The van der Waals surface area contributed by atoms with E-state index in [-0.39, 0.29) is 17.0 Å². The van der Waals surface area contributed by atoms with Crippen LogP contribution in [-0.2, 0) is 17.8 Å². The van der Waals surface area contributed by atoms with Crippen molar-refractivity contribution in [3.63, 3.8) is 0 Å². The number of ketones is 1. The standard InChI is InChI=1S/C23H25NO2/c1-23(2)14-20(25)22(21(26)15-23)19(13-17-9-5-3-6-10-17)24-16-18-11-7-4-8-12-18/h3-12,25H,13-16H2,1-2H3. The number of allylic oxidation sites excluding steroid dienone is 2. The molecule has 134 valence electrons. The summed E-state index contributed by atoms with van der Waals surface area (Å²) in [5.41, 5.74) is 3.06. The quantitative estimate of drug-likeness (QED) is 0.768. The van der Waals surface area contributed by atoms with Gasteiger partial charge in [0, 0.05) is 19.3 Å². The van der Waals surface area contributed by atoms with E-state index in [4.69, 9.17) is 4.99 Å². The van der Waals surface area contributed by atoms with Crippen molar-refractivity contribution in [2.45, 2.75) is 39.7 Å². The van der Waals surface area contributed by atoms with Gasteiger partial charge in [-0.3, -0.25) is 9.79 Å². The van der Waals surface area contributed by atoms with E-state index in [0.29, 0.717) is 37.1 Å². The minimum atomic E-state index is -0.206. The number of carbonyl (C=O) groups is 1. The zero-order chi connectivity index (χ0) is 18.6. The molecule has 26 heavy (non-hydrogen) atoms. The Morgan fingerprint density at radius 3 is 2.12 bits per heavy atom. The number of aliphatic imine (C=N–C) groups is 1. The fraction of sp³-hybridized carbons (Fsp3) is 0.304. The smallest absolute Gasteiger partial charge is 0.168 e. The second-order valence-electron chi connectivity index (χ2n) is 7.67. The first-order valence-corrected chi connectivity index (χ1v) is 9.01. The molecule has 3 heteroatoms. The summed E-state index contributed by atoms with van der Waals surface area (Å²) in [6.07, 6.45) is 1.48. The minimum absolute atomic E-state index is 0.0125. The molecule has 0 aromatic heterocycles. The lowest BCUT2D eigenvalue weighted by Gasteiger charge is -2.30. The lowest BCUT2D eigenvalue weighted by atomic mass is 9.75. The fourth-order valence-corrected chi connectivity index (χ4v) is 3.40. The van der Waals surface area contributed by atoms with Crippen LogP contribution in [0.15, 0.2) is 77.0 Å². The maximum absolute atomic E-state index is 12.8. The molecule has 3 nitrogen and oxygen atoms in total. The molecule has 0 heterocycles. The zero-order valence-corrected chi connectivity index (χ0v) is 15.4. The van der Waals surface area contributed by atoms with E-state index in [0.717, 1.165) is 11.1 Å². The van der Waals surface area contributed by atoms with Crippen LogP contribution in [0.3, 0.4) is 0 Å². The van der Waals surface area contributed by atoms with Crippen molar-refractivity contribution in [2.24, 2.45) is 10.4 Å². The number of aliphatic hydroxyl groups excluding tert-OH is 1. The van der Waals surface area contributed by atoms with Crippen molar-refractivity contribution in [1.82, 2.24) is 0 Å². The van der Waals surface area contributed by atoms with Crippen molar-refractivity contribution >= 4 is 11.5 Å². The molecular weight excluding hydrogens is 322 g/mol. The number of aliphatic hydroxyl groups is 1. The number of hydrogen-bond donors (Lipinski definition) is 1. The third kappa shape index (κ3) is 4.48. The first kappa shape index (κ1) is 18.1. The molecule has 0 saturated heterocycles. The number of hydrogen-bond acceptors (Lipinski definition) is 3. The van der Waals surface area contributed by atoms with Gasteiger partial charge in [-0.1, -0.05) is 74.5 Å². The lowest BCUT2D eigenvalue weighted by molar-refractivity contribution is -0.117. The molecule has 0 spiro atoms. The fourth-order valence-electron chi connectivity index (χ4n) is 3.40. The van der Waals surface area contributed by atoms with Crippen molar-refractivity contribution in [2.75, 3.05) is 0 Å². The van der Waals surface area contributed by atoms with Crippen LogP contribution in [0.5, 0.6) is 0 Å². The van der Waals surface area contributed by atoms with Gasteiger partial charge in [0.05, 0.1) is 17.8 Å².